The van der Waals surface area contributed by atoms with E-state index in [0.29, 0.717) is 5.56 Å². The maximum atomic E-state index is 13.1. The van der Waals surface area contributed by atoms with Crippen molar-refractivity contribution in [1.82, 2.24) is 0 Å². The van der Waals surface area contributed by atoms with Crippen LogP contribution in [0.3, 0.4) is 0 Å². The summed E-state index contributed by atoms with van der Waals surface area (Å²) in [5.74, 6) is -3.57. The summed E-state index contributed by atoms with van der Waals surface area (Å²) < 4.78 is 26.3. The van der Waals surface area contributed by atoms with Gasteiger partial charge in [-0.15, -0.1) is 0 Å². The summed E-state index contributed by atoms with van der Waals surface area (Å²) >= 11 is 0. The van der Waals surface area contributed by atoms with Gasteiger partial charge in [0.05, 0.1) is 11.5 Å². The Hall–Kier alpha value is -0.960. The lowest BCUT2D eigenvalue weighted by molar-refractivity contribution is 0.0886. The van der Waals surface area contributed by atoms with Gasteiger partial charge in [0, 0.05) is 0 Å². The van der Waals surface area contributed by atoms with Crippen LogP contribution in [0.15, 0.2) is 30.3 Å². The summed E-state index contributed by atoms with van der Waals surface area (Å²) in [7, 11) is 0. The summed E-state index contributed by atoms with van der Waals surface area (Å²) in [6.07, 6.45) is 0. The lowest BCUT2D eigenvalue weighted by Gasteiger charge is -1.99. The fraction of sp³-hybridized carbons (Fsp3) is 0.400. The molecule has 1 nitrogen and oxygen atoms in total. The summed E-state index contributed by atoms with van der Waals surface area (Å²) in [5, 5.41) is 0. The van der Waals surface area contributed by atoms with Crippen LogP contribution in [0.2, 0.25) is 0 Å². The third kappa shape index (κ3) is 1.000. The third-order valence-electron chi connectivity index (χ3n) is 2.73. The Morgan fingerprint density at radius 3 is 2.08 bits per heavy atom. The highest BCUT2D eigenvalue weighted by atomic mass is 19.3. The molecule has 1 fully saturated rings. The van der Waals surface area contributed by atoms with Crippen molar-refractivity contribution in [3.63, 3.8) is 0 Å². The van der Waals surface area contributed by atoms with Gasteiger partial charge in [-0.25, -0.2) is 8.78 Å². The van der Waals surface area contributed by atoms with Gasteiger partial charge in [-0.1, -0.05) is 30.3 Å². The van der Waals surface area contributed by atoms with E-state index in [2.05, 4.69) is 0 Å². The van der Waals surface area contributed by atoms with Crippen LogP contribution in [0, 0.1) is 0 Å². The molecule has 2 N–H and O–H groups in total. The zero-order valence-corrected chi connectivity index (χ0v) is 7.30. The fourth-order valence-electron chi connectivity index (χ4n) is 1.75. The molecule has 2 unspecified atom stereocenters. The van der Waals surface area contributed by atoms with Gasteiger partial charge < -0.3 is 5.73 Å². The van der Waals surface area contributed by atoms with Crippen LogP contribution < -0.4 is 5.73 Å². The molecule has 1 aliphatic carbocycles. The molecule has 1 aromatic rings. The molecule has 3 heteroatoms. The van der Waals surface area contributed by atoms with Crippen LogP contribution in [-0.2, 0) is 0 Å². The largest absolute Gasteiger partial charge is 0.320 e. The smallest absolute Gasteiger partial charge is 0.274 e. The van der Waals surface area contributed by atoms with Crippen LogP contribution in [-0.4, -0.2) is 11.5 Å². The molecule has 1 aliphatic rings. The molecular weight excluding hydrogens is 172 g/mol. The average molecular weight is 183 g/mol. The highest BCUT2D eigenvalue weighted by Crippen LogP contribution is 2.62. The summed E-state index contributed by atoms with van der Waals surface area (Å²) in [4.78, 5) is 0. The van der Waals surface area contributed by atoms with Crippen molar-refractivity contribution in [3.05, 3.63) is 35.9 Å². The lowest BCUT2D eigenvalue weighted by atomic mass is 10.1. The van der Waals surface area contributed by atoms with E-state index in [1.54, 1.807) is 30.3 Å². The van der Waals surface area contributed by atoms with E-state index in [0.717, 1.165) is 0 Å². The number of halogens is 2. The predicted octanol–water partition coefficient (Wildman–Crippen LogP) is 2.14. The fourth-order valence-corrected chi connectivity index (χ4v) is 1.75. The van der Waals surface area contributed by atoms with Crippen LogP contribution in [0.5, 0.6) is 0 Å². The summed E-state index contributed by atoms with van der Waals surface area (Å²) in [6, 6.07) is 8.69. The summed E-state index contributed by atoms with van der Waals surface area (Å²) in [6.45, 7) is 1.39. The first-order chi connectivity index (χ1) is 5.98. The monoisotopic (exact) mass is 183 g/mol. The molecular formula is C10H11F2N. The van der Waals surface area contributed by atoms with Crippen molar-refractivity contribution in [2.45, 2.75) is 24.3 Å². The number of nitrogens with two attached hydrogens (primary N) is 1. The van der Waals surface area contributed by atoms with Crippen LogP contribution in [0.4, 0.5) is 8.78 Å². The molecule has 0 bridgehead atoms. The van der Waals surface area contributed by atoms with Crippen LogP contribution in [0.25, 0.3) is 0 Å². The molecule has 0 heterocycles. The van der Waals surface area contributed by atoms with E-state index in [9.17, 15) is 8.78 Å². The highest BCUT2D eigenvalue weighted by molar-refractivity contribution is 5.40. The van der Waals surface area contributed by atoms with E-state index in [1.807, 2.05) is 0 Å². The zero-order valence-electron chi connectivity index (χ0n) is 7.30. The third-order valence-corrected chi connectivity index (χ3v) is 2.73. The minimum Gasteiger partial charge on any atom is -0.320 e. The van der Waals surface area contributed by atoms with Crippen molar-refractivity contribution >= 4 is 0 Å². The van der Waals surface area contributed by atoms with Crippen molar-refractivity contribution in [3.8, 4) is 0 Å². The van der Waals surface area contributed by atoms with Gasteiger partial charge in [0.2, 0.25) is 0 Å². The number of hydrogen-bond acceptors (Lipinski definition) is 1. The van der Waals surface area contributed by atoms with Gasteiger partial charge in [-0.05, 0) is 12.5 Å². The van der Waals surface area contributed by atoms with E-state index < -0.39 is 17.4 Å². The zero-order chi connectivity index (χ0) is 9.69. The molecule has 0 radical (unpaired) electrons. The van der Waals surface area contributed by atoms with Gasteiger partial charge in [0.25, 0.3) is 5.92 Å². The van der Waals surface area contributed by atoms with E-state index in [1.165, 1.54) is 6.92 Å². The minimum absolute atomic E-state index is 0.623. The molecule has 0 amide bonds. The Balaban J connectivity index is 2.33. The Labute approximate surface area is 75.6 Å². The average Bonchev–Trinajstić information content (AvgIpc) is 2.44. The topological polar surface area (TPSA) is 26.0 Å². The van der Waals surface area contributed by atoms with E-state index in [4.69, 9.17) is 5.73 Å². The molecule has 2 atom stereocenters. The quantitative estimate of drug-likeness (QED) is 0.709. The molecule has 1 saturated carbocycles. The van der Waals surface area contributed by atoms with Gasteiger partial charge in [0.1, 0.15) is 0 Å². The van der Waals surface area contributed by atoms with Crippen LogP contribution in [0.1, 0.15) is 18.4 Å². The molecule has 2 rings (SSSR count). The number of rotatable bonds is 1. The molecule has 0 aromatic heterocycles. The first-order valence-corrected chi connectivity index (χ1v) is 4.19. The van der Waals surface area contributed by atoms with Crippen LogP contribution >= 0.6 is 0 Å². The van der Waals surface area contributed by atoms with Crippen molar-refractivity contribution < 1.29 is 8.78 Å². The molecule has 13 heavy (non-hydrogen) atoms. The first kappa shape index (κ1) is 8.63. The number of hydrogen-bond donors (Lipinski definition) is 1. The predicted molar refractivity (Wildman–Crippen MR) is 46.7 cm³/mol. The van der Waals surface area contributed by atoms with Gasteiger partial charge in [-0.3, -0.25) is 0 Å². The number of benzene rings is 1. The van der Waals surface area contributed by atoms with Crippen molar-refractivity contribution in [2.24, 2.45) is 5.73 Å². The molecule has 0 aliphatic heterocycles. The Morgan fingerprint density at radius 1 is 1.23 bits per heavy atom. The molecule has 0 saturated heterocycles. The second kappa shape index (κ2) is 2.29. The Morgan fingerprint density at radius 2 is 1.69 bits per heavy atom. The highest BCUT2D eigenvalue weighted by Gasteiger charge is 2.76. The van der Waals surface area contributed by atoms with E-state index >= 15 is 0 Å². The minimum atomic E-state index is -2.76. The molecule has 1 aromatic carbocycles. The van der Waals surface area contributed by atoms with Gasteiger partial charge in [-0.2, -0.15) is 0 Å². The lowest BCUT2D eigenvalue weighted by Crippen LogP contribution is -2.25. The van der Waals surface area contributed by atoms with Gasteiger partial charge in [0.15, 0.2) is 0 Å². The Kier molecular flexibility index (Phi) is 1.52. The van der Waals surface area contributed by atoms with E-state index in [-0.39, 0.29) is 0 Å². The number of alkyl halides is 2. The SMILES string of the molecule is CC1(N)C(c2ccccc2)C1(F)F. The Bertz CT molecular complexity index is 305. The molecule has 0 spiro atoms. The standard InChI is InChI=1S/C10H11F2N/c1-9(13)8(10(9,11)12)7-5-3-2-4-6-7/h2-6,8H,13H2,1H3. The van der Waals surface area contributed by atoms with Crippen molar-refractivity contribution in [2.75, 3.05) is 0 Å². The van der Waals surface area contributed by atoms with Gasteiger partial charge >= 0.3 is 0 Å². The second-order valence-corrected chi connectivity index (χ2v) is 3.75. The first-order valence-electron chi connectivity index (χ1n) is 4.19. The molecule has 70 valence electrons. The van der Waals surface area contributed by atoms with Crippen molar-refractivity contribution in [1.29, 1.82) is 0 Å². The second-order valence-electron chi connectivity index (χ2n) is 3.75. The summed E-state index contributed by atoms with van der Waals surface area (Å²) in [5.41, 5.74) is 4.73. The normalized spacial score (nSPS) is 35.8. The maximum Gasteiger partial charge on any atom is 0.274 e. The maximum absolute atomic E-state index is 13.1.